The molecule has 0 unspecified atom stereocenters. The number of carbonyl (C=O) groups excluding carboxylic acids is 1. The second-order valence-corrected chi connectivity index (χ2v) is 4.72. The molecule has 3 aromatic rings. The largest absolute Gasteiger partial charge is 0.458 e. The molecule has 3 nitrogen and oxygen atoms in total. The third kappa shape index (κ3) is 1.96. The van der Waals surface area contributed by atoms with Crippen molar-refractivity contribution in [2.24, 2.45) is 0 Å². The van der Waals surface area contributed by atoms with Crippen LogP contribution in [0, 0.1) is 0 Å². The molecule has 1 N–H and O–H groups in total. The minimum atomic E-state index is -0.131. The van der Waals surface area contributed by atoms with Gasteiger partial charge in [0, 0.05) is 18.0 Å². The molecule has 0 amide bonds. The van der Waals surface area contributed by atoms with Crippen molar-refractivity contribution in [1.82, 2.24) is 4.98 Å². The van der Waals surface area contributed by atoms with E-state index in [1.54, 1.807) is 18.3 Å². The quantitative estimate of drug-likeness (QED) is 0.727. The number of hydrogen-bond donors (Lipinski definition) is 1. The maximum absolute atomic E-state index is 12.4. The normalized spacial score (nSPS) is 11.1. The van der Waals surface area contributed by atoms with Crippen LogP contribution in [0.25, 0.3) is 10.9 Å². The van der Waals surface area contributed by atoms with E-state index < -0.39 is 0 Å². The number of hydrogen-bond acceptors (Lipinski definition) is 2. The van der Waals surface area contributed by atoms with E-state index in [9.17, 15) is 4.79 Å². The number of furan rings is 1. The maximum atomic E-state index is 12.4. The summed E-state index contributed by atoms with van der Waals surface area (Å²) in [6.07, 6.45) is 2.44. The zero-order valence-electron chi connectivity index (χ0n) is 10.4. The topological polar surface area (TPSA) is 46.0 Å². The Balaban J connectivity index is 2.09. The molecule has 0 aliphatic carbocycles. The van der Waals surface area contributed by atoms with E-state index in [1.807, 2.05) is 25.1 Å². The van der Waals surface area contributed by atoms with Gasteiger partial charge in [0.05, 0.1) is 16.1 Å². The molecule has 2 aromatic heterocycles. The fourth-order valence-corrected chi connectivity index (χ4v) is 2.36. The van der Waals surface area contributed by atoms with Crippen molar-refractivity contribution in [3.05, 3.63) is 58.6 Å². The van der Waals surface area contributed by atoms with Gasteiger partial charge in [-0.3, -0.25) is 4.79 Å². The summed E-state index contributed by atoms with van der Waals surface area (Å²) < 4.78 is 5.50. The smallest absolute Gasteiger partial charge is 0.230 e. The van der Waals surface area contributed by atoms with Crippen LogP contribution in [0.4, 0.5) is 0 Å². The van der Waals surface area contributed by atoms with Gasteiger partial charge in [-0.05, 0) is 18.2 Å². The Kier molecular flexibility index (Phi) is 2.91. The minimum Gasteiger partial charge on any atom is -0.458 e. The van der Waals surface area contributed by atoms with Crippen LogP contribution in [0.5, 0.6) is 0 Å². The summed E-state index contributed by atoms with van der Waals surface area (Å²) >= 11 is 6.08. The number of rotatable bonds is 3. The number of aromatic amines is 1. The van der Waals surface area contributed by atoms with Gasteiger partial charge < -0.3 is 9.40 Å². The van der Waals surface area contributed by atoms with E-state index in [4.69, 9.17) is 16.0 Å². The van der Waals surface area contributed by atoms with Gasteiger partial charge >= 0.3 is 0 Å². The standard InChI is InChI=1S/C15H12ClNO2/c1-2-9-6-7-13(19-9)15(18)11-8-17-14-10(11)4-3-5-12(14)16/h3-8,17H,2H2,1H3. The van der Waals surface area contributed by atoms with E-state index in [-0.39, 0.29) is 5.78 Å². The summed E-state index contributed by atoms with van der Waals surface area (Å²) in [6.45, 7) is 1.98. The Morgan fingerprint density at radius 3 is 2.89 bits per heavy atom. The molecule has 0 aliphatic rings. The maximum Gasteiger partial charge on any atom is 0.230 e. The second-order valence-electron chi connectivity index (χ2n) is 4.31. The SMILES string of the molecule is CCc1ccc(C(=O)c2c[nH]c3c(Cl)cccc23)o1. The van der Waals surface area contributed by atoms with E-state index in [1.165, 1.54) is 0 Å². The van der Waals surface area contributed by atoms with Crippen LogP contribution >= 0.6 is 11.6 Å². The molecule has 0 radical (unpaired) electrons. The number of ketones is 1. The molecule has 4 heteroatoms. The van der Waals surface area contributed by atoms with Gasteiger partial charge in [0.1, 0.15) is 5.76 Å². The van der Waals surface area contributed by atoms with E-state index in [2.05, 4.69) is 4.98 Å². The molecule has 0 spiro atoms. The second kappa shape index (κ2) is 4.59. The molecular weight excluding hydrogens is 262 g/mol. The number of carbonyl (C=O) groups is 1. The van der Waals surface area contributed by atoms with Crippen LogP contribution in [0.2, 0.25) is 5.02 Å². The number of halogens is 1. The highest BCUT2D eigenvalue weighted by molar-refractivity contribution is 6.35. The first-order chi connectivity index (χ1) is 9.20. The van der Waals surface area contributed by atoms with E-state index in [0.717, 1.165) is 23.1 Å². The molecular formula is C15H12ClNO2. The molecule has 0 saturated heterocycles. The van der Waals surface area contributed by atoms with Gasteiger partial charge in [-0.1, -0.05) is 30.7 Å². The van der Waals surface area contributed by atoms with Crippen molar-refractivity contribution in [3.8, 4) is 0 Å². The zero-order valence-corrected chi connectivity index (χ0v) is 11.1. The molecule has 1 aromatic carbocycles. The third-order valence-electron chi connectivity index (χ3n) is 3.14. The van der Waals surface area contributed by atoms with Gasteiger partial charge in [0.2, 0.25) is 5.78 Å². The lowest BCUT2D eigenvalue weighted by Gasteiger charge is -1.97. The van der Waals surface area contributed by atoms with Crippen molar-refractivity contribution < 1.29 is 9.21 Å². The van der Waals surface area contributed by atoms with Crippen LogP contribution in [0.1, 0.15) is 28.8 Å². The molecule has 0 fully saturated rings. The molecule has 0 saturated carbocycles. The number of benzene rings is 1. The van der Waals surface area contributed by atoms with Crippen LogP contribution in [-0.2, 0) is 6.42 Å². The van der Waals surface area contributed by atoms with Crippen LogP contribution < -0.4 is 0 Å². The molecule has 19 heavy (non-hydrogen) atoms. The highest BCUT2D eigenvalue weighted by atomic mass is 35.5. The summed E-state index contributed by atoms with van der Waals surface area (Å²) in [5.41, 5.74) is 1.35. The summed E-state index contributed by atoms with van der Waals surface area (Å²) in [7, 11) is 0. The lowest BCUT2D eigenvalue weighted by Crippen LogP contribution is -1.98. The van der Waals surface area contributed by atoms with Crippen LogP contribution in [0.15, 0.2) is 40.9 Å². The fraction of sp³-hybridized carbons (Fsp3) is 0.133. The summed E-state index contributed by atoms with van der Waals surface area (Å²) in [6, 6.07) is 9.03. The number of H-pyrrole nitrogens is 1. The highest BCUT2D eigenvalue weighted by Gasteiger charge is 2.18. The predicted octanol–water partition coefficient (Wildman–Crippen LogP) is 4.21. The lowest BCUT2D eigenvalue weighted by atomic mass is 10.1. The average molecular weight is 274 g/mol. The van der Waals surface area contributed by atoms with Crippen molar-refractivity contribution in [3.63, 3.8) is 0 Å². The fourth-order valence-electron chi connectivity index (χ4n) is 2.13. The Hall–Kier alpha value is -2.00. The van der Waals surface area contributed by atoms with Gasteiger partial charge in [0.25, 0.3) is 0 Å². The Morgan fingerprint density at radius 2 is 2.16 bits per heavy atom. The predicted molar refractivity (Wildman–Crippen MR) is 74.8 cm³/mol. The van der Waals surface area contributed by atoms with Crippen molar-refractivity contribution in [1.29, 1.82) is 0 Å². The summed E-state index contributed by atoms with van der Waals surface area (Å²) in [5, 5.41) is 1.41. The first kappa shape index (κ1) is 12.1. The number of aryl methyl sites for hydroxylation is 1. The van der Waals surface area contributed by atoms with Crippen LogP contribution in [0.3, 0.4) is 0 Å². The number of nitrogens with one attached hydrogen (secondary N) is 1. The number of aromatic nitrogens is 1. The molecule has 0 bridgehead atoms. The van der Waals surface area contributed by atoms with Crippen molar-refractivity contribution in [2.45, 2.75) is 13.3 Å². The summed E-state index contributed by atoms with van der Waals surface area (Å²) in [4.78, 5) is 15.4. The lowest BCUT2D eigenvalue weighted by molar-refractivity contribution is 0.101. The molecule has 0 aliphatic heterocycles. The van der Waals surface area contributed by atoms with E-state index in [0.29, 0.717) is 16.3 Å². The van der Waals surface area contributed by atoms with E-state index >= 15 is 0 Å². The molecule has 0 atom stereocenters. The summed E-state index contributed by atoms with van der Waals surface area (Å²) in [5.74, 6) is 1.03. The minimum absolute atomic E-state index is 0.131. The number of para-hydroxylation sites is 1. The van der Waals surface area contributed by atoms with Crippen molar-refractivity contribution in [2.75, 3.05) is 0 Å². The highest BCUT2D eigenvalue weighted by Crippen LogP contribution is 2.27. The third-order valence-corrected chi connectivity index (χ3v) is 3.46. The van der Waals surface area contributed by atoms with Gasteiger partial charge in [-0.2, -0.15) is 0 Å². The Bertz CT molecular complexity index is 754. The Morgan fingerprint density at radius 1 is 1.32 bits per heavy atom. The molecule has 3 rings (SSSR count). The Labute approximate surface area is 115 Å². The van der Waals surface area contributed by atoms with Gasteiger partial charge in [-0.15, -0.1) is 0 Å². The molecule has 96 valence electrons. The first-order valence-corrected chi connectivity index (χ1v) is 6.47. The van der Waals surface area contributed by atoms with Crippen molar-refractivity contribution >= 4 is 28.3 Å². The first-order valence-electron chi connectivity index (χ1n) is 6.09. The monoisotopic (exact) mass is 273 g/mol. The zero-order chi connectivity index (χ0) is 13.4. The average Bonchev–Trinajstić information content (AvgIpc) is 3.05. The number of fused-ring (bicyclic) bond motifs is 1. The van der Waals surface area contributed by atoms with Crippen LogP contribution in [-0.4, -0.2) is 10.8 Å². The van der Waals surface area contributed by atoms with Gasteiger partial charge in [-0.25, -0.2) is 0 Å². The molecule has 2 heterocycles. The van der Waals surface area contributed by atoms with Gasteiger partial charge in [0.15, 0.2) is 5.76 Å².